The average Bonchev–Trinajstić information content (AvgIpc) is 3.19. The fourth-order valence-corrected chi connectivity index (χ4v) is 5.23. The molecule has 8 heteroatoms. The second-order valence-electron chi connectivity index (χ2n) is 8.00. The van der Waals surface area contributed by atoms with Crippen LogP contribution in [0.3, 0.4) is 0 Å². The zero-order valence-electron chi connectivity index (χ0n) is 18.0. The van der Waals surface area contributed by atoms with E-state index in [-0.39, 0.29) is 17.2 Å². The number of ether oxygens (including phenoxy) is 1. The Bertz CT molecular complexity index is 917. The Morgan fingerprint density at radius 2 is 1.81 bits per heavy atom. The highest BCUT2D eigenvalue weighted by molar-refractivity contribution is 8.00. The molecule has 2 amide bonds. The van der Waals surface area contributed by atoms with E-state index in [4.69, 9.17) is 16.3 Å². The number of hydrogen-bond acceptors (Lipinski definition) is 5. The molecular formula is C24H28ClN3O3S. The predicted octanol–water partition coefficient (Wildman–Crippen LogP) is 3.57. The summed E-state index contributed by atoms with van der Waals surface area (Å²) in [5.74, 6) is 0.521. The second kappa shape index (κ2) is 11.2. The van der Waals surface area contributed by atoms with Gasteiger partial charge in [-0.1, -0.05) is 35.9 Å². The van der Waals surface area contributed by atoms with Crippen LogP contribution in [0.15, 0.2) is 48.5 Å². The highest BCUT2D eigenvalue weighted by atomic mass is 35.5. The van der Waals surface area contributed by atoms with Gasteiger partial charge in [0.15, 0.2) is 0 Å². The van der Waals surface area contributed by atoms with E-state index in [1.54, 1.807) is 11.8 Å². The average molecular weight is 474 g/mol. The number of thioether (sulfide) groups is 1. The summed E-state index contributed by atoms with van der Waals surface area (Å²) in [5, 5.41) is 3.63. The van der Waals surface area contributed by atoms with E-state index in [0.717, 1.165) is 50.4 Å². The summed E-state index contributed by atoms with van der Waals surface area (Å²) >= 11 is 7.59. The van der Waals surface area contributed by atoms with E-state index >= 15 is 0 Å². The van der Waals surface area contributed by atoms with Gasteiger partial charge in [-0.3, -0.25) is 14.5 Å². The lowest BCUT2D eigenvalue weighted by molar-refractivity contribution is -0.128. The third-order valence-electron chi connectivity index (χ3n) is 5.73. The SMILES string of the molecule is O=C(NCCCN1CCOCC1)c1ccc([C@@H]2SCC(=O)N2Cc2ccc(Cl)cc2)cc1. The molecule has 0 spiro atoms. The van der Waals surface area contributed by atoms with Gasteiger partial charge in [0.05, 0.1) is 19.0 Å². The first-order valence-electron chi connectivity index (χ1n) is 10.9. The molecule has 0 radical (unpaired) electrons. The Hall–Kier alpha value is -2.06. The number of carbonyl (C=O) groups is 2. The quantitative estimate of drug-likeness (QED) is 0.594. The molecule has 2 saturated heterocycles. The van der Waals surface area contributed by atoms with Gasteiger partial charge in [-0.05, 0) is 48.4 Å². The summed E-state index contributed by atoms with van der Waals surface area (Å²) in [4.78, 5) is 29.2. The lowest BCUT2D eigenvalue weighted by Gasteiger charge is -2.26. The zero-order chi connectivity index (χ0) is 22.3. The molecule has 6 nitrogen and oxygen atoms in total. The van der Waals surface area contributed by atoms with Crippen LogP contribution in [-0.4, -0.2) is 66.8 Å². The highest BCUT2D eigenvalue weighted by Crippen LogP contribution is 2.39. The van der Waals surface area contributed by atoms with Crippen LogP contribution < -0.4 is 5.32 Å². The summed E-state index contributed by atoms with van der Waals surface area (Å²) < 4.78 is 5.36. The molecule has 2 aromatic carbocycles. The van der Waals surface area contributed by atoms with Crippen molar-refractivity contribution >= 4 is 35.2 Å². The summed E-state index contributed by atoms with van der Waals surface area (Å²) in [6, 6.07) is 15.2. The molecule has 0 saturated carbocycles. The smallest absolute Gasteiger partial charge is 0.251 e. The summed E-state index contributed by atoms with van der Waals surface area (Å²) in [5.41, 5.74) is 2.71. The normalized spacial score (nSPS) is 19.3. The minimum atomic E-state index is -0.0632. The molecule has 0 aromatic heterocycles. The third-order valence-corrected chi connectivity index (χ3v) is 7.24. The van der Waals surface area contributed by atoms with Crippen LogP contribution in [0.5, 0.6) is 0 Å². The molecule has 2 aliphatic rings. The molecule has 1 atom stereocenters. The van der Waals surface area contributed by atoms with Gasteiger partial charge in [0, 0.05) is 36.8 Å². The second-order valence-corrected chi connectivity index (χ2v) is 9.50. The number of morpholine rings is 1. The predicted molar refractivity (Wildman–Crippen MR) is 128 cm³/mol. The Kier molecular flexibility index (Phi) is 8.08. The number of nitrogens with zero attached hydrogens (tertiary/aromatic N) is 2. The molecule has 2 heterocycles. The van der Waals surface area contributed by atoms with Crippen molar-refractivity contribution in [3.63, 3.8) is 0 Å². The molecule has 2 aromatic rings. The Morgan fingerprint density at radius 1 is 1.09 bits per heavy atom. The molecule has 1 N–H and O–H groups in total. The molecule has 170 valence electrons. The maximum Gasteiger partial charge on any atom is 0.251 e. The van der Waals surface area contributed by atoms with Crippen LogP contribution in [0.4, 0.5) is 0 Å². The van der Waals surface area contributed by atoms with Crippen LogP contribution in [0, 0.1) is 0 Å². The number of rotatable bonds is 8. The van der Waals surface area contributed by atoms with E-state index in [1.165, 1.54) is 0 Å². The monoisotopic (exact) mass is 473 g/mol. The van der Waals surface area contributed by atoms with Crippen LogP contribution in [-0.2, 0) is 16.1 Å². The topological polar surface area (TPSA) is 61.9 Å². The van der Waals surface area contributed by atoms with Crippen molar-refractivity contribution in [2.45, 2.75) is 18.3 Å². The van der Waals surface area contributed by atoms with E-state index in [9.17, 15) is 9.59 Å². The minimum absolute atomic E-state index is 0.0520. The van der Waals surface area contributed by atoms with Gasteiger partial charge < -0.3 is 15.0 Å². The zero-order valence-corrected chi connectivity index (χ0v) is 19.5. The third kappa shape index (κ3) is 6.04. The van der Waals surface area contributed by atoms with E-state index < -0.39 is 0 Å². The summed E-state index contributed by atoms with van der Waals surface area (Å²) in [6.45, 7) is 5.68. The first-order chi connectivity index (χ1) is 15.6. The van der Waals surface area contributed by atoms with Crippen molar-refractivity contribution in [3.05, 3.63) is 70.2 Å². The fourth-order valence-electron chi connectivity index (χ4n) is 3.92. The first-order valence-corrected chi connectivity index (χ1v) is 12.4. The van der Waals surface area contributed by atoms with Gasteiger partial charge in [0.25, 0.3) is 5.91 Å². The number of hydrogen-bond donors (Lipinski definition) is 1. The van der Waals surface area contributed by atoms with Crippen molar-refractivity contribution in [2.75, 3.05) is 45.1 Å². The number of amides is 2. The minimum Gasteiger partial charge on any atom is -0.379 e. The molecule has 0 aliphatic carbocycles. The maximum absolute atomic E-state index is 12.5. The molecule has 32 heavy (non-hydrogen) atoms. The lowest BCUT2D eigenvalue weighted by Crippen LogP contribution is -2.38. The first kappa shape index (κ1) is 23.1. The van der Waals surface area contributed by atoms with Gasteiger partial charge in [0.1, 0.15) is 5.37 Å². The standard InChI is InChI=1S/C24H28ClN3O3S/c25-21-8-2-18(3-9-21)16-28-22(29)17-32-24(28)20-6-4-19(5-7-20)23(30)26-10-1-11-27-12-14-31-15-13-27/h2-9,24H,1,10-17H2,(H,26,30)/t24-/m0/s1. The van der Waals surface area contributed by atoms with Crippen molar-refractivity contribution in [1.29, 1.82) is 0 Å². The molecule has 0 unspecified atom stereocenters. The van der Waals surface area contributed by atoms with E-state index in [2.05, 4.69) is 10.2 Å². The summed E-state index contributed by atoms with van der Waals surface area (Å²) in [6.07, 6.45) is 0.921. The van der Waals surface area contributed by atoms with Crippen molar-refractivity contribution in [3.8, 4) is 0 Å². The Labute approximate surface area is 198 Å². The number of nitrogens with one attached hydrogen (secondary N) is 1. The van der Waals surface area contributed by atoms with Crippen LogP contribution >= 0.6 is 23.4 Å². The van der Waals surface area contributed by atoms with Gasteiger partial charge in [0.2, 0.25) is 5.91 Å². The molecule has 0 bridgehead atoms. The number of halogens is 1. The van der Waals surface area contributed by atoms with Crippen LogP contribution in [0.1, 0.15) is 33.3 Å². The number of benzene rings is 2. The van der Waals surface area contributed by atoms with E-state index in [1.807, 2.05) is 53.4 Å². The van der Waals surface area contributed by atoms with E-state index in [0.29, 0.717) is 29.4 Å². The Morgan fingerprint density at radius 3 is 2.53 bits per heavy atom. The maximum atomic E-state index is 12.5. The van der Waals surface area contributed by atoms with Gasteiger partial charge in [-0.2, -0.15) is 0 Å². The molecule has 2 fully saturated rings. The lowest BCUT2D eigenvalue weighted by atomic mass is 10.1. The van der Waals surface area contributed by atoms with Crippen LogP contribution in [0.25, 0.3) is 0 Å². The van der Waals surface area contributed by atoms with Gasteiger partial charge in [-0.25, -0.2) is 0 Å². The van der Waals surface area contributed by atoms with Gasteiger partial charge in [-0.15, -0.1) is 11.8 Å². The fraction of sp³-hybridized carbons (Fsp3) is 0.417. The number of carbonyl (C=O) groups excluding carboxylic acids is 2. The van der Waals surface area contributed by atoms with Gasteiger partial charge >= 0.3 is 0 Å². The van der Waals surface area contributed by atoms with Crippen molar-refractivity contribution in [1.82, 2.24) is 15.1 Å². The van der Waals surface area contributed by atoms with Crippen LogP contribution in [0.2, 0.25) is 5.02 Å². The molecular weight excluding hydrogens is 446 g/mol. The largest absolute Gasteiger partial charge is 0.379 e. The highest BCUT2D eigenvalue weighted by Gasteiger charge is 2.32. The van der Waals surface area contributed by atoms with Crippen molar-refractivity contribution < 1.29 is 14.3 Å². The molecule has 4 rings (SSSR count). The summed E-state index contributed by atoms with van der Waals surface area (Å²) in [7, 11) is 0. The molecule has 2 aliphatic heterocycles. The van der Waals surface area contributed by atoms with Crippen molar-refractivity contribution in [2.24, 2.45) is 0 Å². The Balaban J connectivity index is 1.30.